The molecule has 0 saturated carbocycles. The number of terminal acetylenes is 1. The summed E-state index contributed by atoms with van der Waals surface area (Å²) in [5.41, 5.74) is 18.2. The Bertz CT molecular complexity index is 3050. The van der Waals surface area contributed by atoms with Gasteiger partial charge in [-0.1, -0.05) is 141 Å². The van der Waals surface area contributed by atoms with E-state index in [1.807, 2.05) is 0 Å². The number of benzene rings is 8. The summed E-state index contributed by atoms with van der Waals surface area (Å²) in [5, 5.41) is 2.29. The van der Waals surface area contributed by atoms with Crippen molar-refractivity contribution in [3.8, 4) is 23.5 Å². The summed E-state index contributed by atoms with van der Waals surface area (Å²) >= 11 is 0. The number of fused-ring (bicyclic) bond motifs is 15. The first kappa shape index (κ1) is 34.0. The molecule has 12 rings (SSSR count). The minimum Gasteiger partial charge on any atom is -0.455 e. The van der Waals surface area contributed by atoms with Crippen LogP contribution in [0.25, 0.3) is 33.1 Å². The van der Waals surface area contributed by atoms with Crippen molar-refractivity contribution in [1.29, 1.82) is 0 Å². The van der Waals surface area contributed by atoms with Gasteiger partial charge in [0.15, 0.2) is 0 Å². The Labute approximate surface area is 339 Å². The molecule has 0 fully saturated rings. The molecule has 1 aromatic heterocycles. The number of hydrogen-bond acceptors (Lipinski definition) is 3. The van der Waals surface area contributed by atoms with Crippen molar-refractivity contribution in [2.24, 2.45) is 0 Å². The Morgan fingerprint density at radius 3 is 1.59 bits per heavy atom. The van der Waals surface area contributed by atoms with E-state index >= 15 is 0 Å². The molecule has 0 unspecified atom stereocenters. The first-order valence-electron chi connectivity index (χ1n) is 20.0. The van der Waals surface area contributed by atoms with E-state index in [0.29, 0.717) is 0 Å². The van der Waals surface area contributed by atoms with E-state index < -0.39 is 5.41 Å². The van der Waals surface area contributed by atoms with Crippen LogP contribution in [-0.2, 0) is 10.8 Å². The molecule has 8 aromatic carbocycles. The van der Waals surface area contributed by atoms with E-state index in [1.165, 1.54) is 67.3 Å². The maximum absolute atomic E-state index is 6.89. The molecule has 0 amide bonds. The third-order valence-corrected chi connectivity index (χ3v) is 12.6. The lowest BCUT2D eigenvalue weighted by Gasteiger charge is -2.45. The summed E-state index contributed by atoms with van der Waals surface area (Å²) in [5.74, 6) is 2.25. The summed E-state index contributed by atoms with van der Waals surface area (Å²) in [6.07, 6.45) is 4.60. The quantitative estimate of drug-likeness (QED) is 0.164. The maximum Gasteiger partial charge on any atom is 0.143 e. The molecule has 1 spiro atoms. The first-order valence-corrected chi connectivity index (χ1v) is 20.0. The molecule has 1 aliphatic carbocycles. The van der Waals surface area contributed by atoms with Crippen LogP contribution in [0.5, 0.6) is 0 Å². The Morgan fingerprint density at radius 1 is 0.466 bits per heavy atom. The molecule has 3 heteroatoms. The molecule has 2 aliphatic heterocycles. The standard InChI is InChI=1S/C52H36N2O.C3H4/c1-51(2)38-19-7-11-23-44(38)54(45-24-12-8-20-39(45)51)34-28-29-37-43(32-34)52(42-31-30-36-35-18-6-15-27-48(35)55-50(36)49(37)42)40-21-9-13-25-46(40)53(33-16-4-3-5-17-33)47-26-14-10-22-41(47)52;1-3-2/h3-32H,1-2H3;1H,2H3. The molecule has 0 atom stereocenters. The minimum absolute atomic E-state index is 0.146. The zero-order chi connectivity index (χ0) is 39.2. The molecule has 0 saturated heterocycles. The average Bonchev–Trinajstić information content (AvgIpc) is 3.79. The van der Waals surface area contributed by atoms with Crippen LogP contribution in [0.15, 0.2) is 186 Å². The van der Waals surface area contributed by atoms with Crippen molar-refractivity contribution < 1.29 is 4.42 Å². The molecule has 3 heterocycles. The van der Waals surface area contributed by atoms with Gasteiger partial charge in [-0.3, -0.25) is 0 Å². The fraction of sp³-hybridized carbons (Fsp3) is 0.0909. The van der Waals surface area contributed by atoms with Crippen molar-refractivity contribution >= 4 is 56.1 Å². The van der Waals surface area contributed by atoms with E-state index in [4.69, 9.17) is 4.42 Å². The van der Waals surface area contributed by atoms with E-state index in [9.17, 15) is 0 Å². The first-order chi connectivity index (χ1) is 28.5. The van der Waals surface area contributed by atoms with Gasteiger partial charge in [-0.15, -0.1) is 12.3 Å². The molecule has 9 aromatic rings. The smallest absolute Gasteiger partial charge is 0.143 e. The lowest BCUT2D eigenvalue weighted by atomic mass is 9.64. The number of furan rings is 1. The van der Waals surface area contributed by atoms with Gasteiger partial charge in [-0.05, 0) is 100 Å². The summed E-state index contributed by atoms with van der Waals surface area (Å²) in [6, 6.07) is 67.0. The molecule has 0 bridgehead atoms. The van der Waals surface area contributed by atoms with E-state index in [2.05, 4.69) is 218 Å². The third kappa shape index (κ3) is 4.46. The zero-order valence-corrected chi connectivity index (χ0v) is 32.7. The normalized spacial score (nSPS) is 14.7. The van der Waals surface area contributed by atoms with Crippen LogP contribution in [-0.4, -0.2) is 0 Å². The number of anilines is 6. The topological polar surface area (TPSA) is 19.6 Å². The predicted molar refractivity (Wildman–Crippen MR) is 241 cm³/mol. The molecule has 3 nitrogen and oxygen atoms in total. The maximum atomic E-state index is 6.89. The highest BCUT2D eigenvalue weighted by Crippen LogP contribution is 2.65. The van der Waals surface area contributed by atoms with Crippen molar-refractivity contribution in [3.63, 3.8) is 0 Å². The van der Waals surface area contributed by atoms with Crippen LogP contribution in [0.3, 0.4) is 0 Å². The van der Waals surface area contributed by atoms with Gasteiger partial charge >= 0.3 is 0 Å². The van der Waals surface area contributed by atoms with Crippen molar-refractivity contribution in [1.82, 2.24) is 0 Å². The number of hydrogen-bond donors (Lipinski definition) is 0. The molecule has 0 N–H and O–H groups in total. The Hall–Kier alpha value is -7.28. The van der Waals surface area contributed by atoms with Crippen molar-refractivity contribution in [2.45, 2.75) is 31.6 Å². The van der Waals surface area contributed by atoms with Crippen LogP contribution in [0.2, 0.25) is 0 Å². The SMILES string of the molecule is C#CC.CC1(C)c2ccccc2N(c2ccc3c(c2)C2(c4ccccc4N(c4ccccc4)c4ccccc42)c2ccc4c(oc5ccccc54)c2-3)c2ccccc21. The highest BCUT2D eigenvalue weighted by Gasteiger charge is 2.53. The van der Waals surface area contributed by atoms with Gasteiger partial charge in [-0.25, -0.2) is 0 Å². The molecular formula is C55H40N2O. The minimum atomic E-state index is -0.625. The second-order valence-corrected chi connectivity index (χ2v) is 15.9. The van der Waals surface area contributed by atoms with Gasteiger partial charge in [0, 0.05) is 33.1 Å². The van der Waals surface area contributed by atoms with Crippen LogP contribution < -0.4 is 9.80 Å². The van der Waals surface area contributed by atoms with Crippen LogP contribution >= 0.6 is 0 Å². The second kappa shape index (κ2) is 12.6. The molecular weight excluding hydrogens is 705 g/mol. The fourth-order valence-electron chi connectivity index (χ4n) is 10.3. The molecule has 276 valence electrons. The van der Waals surface area contributed by atoms with Gasteiger partial charge in [-0.2, -0.15) is 0 Å². The third-order valence-electron chi connectivity index (χ3n) is 12.6. The average molecular weight is 745 g/mol. The summed E-state index contributed by atoms with van der Waals surface area (Å²) in [4.78, 5) is 4.93. The summed E-state index contributed by atoms with van der Waals surface area (Å²) in [6.45, 7) is 6.35. The Kier molecular flexibility index (Phi) is 7.40. The molecule has 0 radical (unpaired) electrons. The van der Waals surface area contributed by atoms with Crippen molar-refractivity contribution in [2.75, 3.05) is 9.80 Å². The predicted octanol–water partition coefficient (Wildman–Crippen LogP) is 14.5. The highest BCUT2D eigenvalue weighted by molar-refractivity contribution is 6.13. The monoisotopic (exact) mass is 744 g/mol. The lowest BCUT2D eigenvalue weighted by molar-refractivity contribution is 0.632. The Morgan fingerprint density at radius 2 is 0.966 bits per heavy atom. The van der Waals surface area contributed by atoms with Crippen LogP contribution in [0.4, 0.5) is 34.1 Å². The zero-order valence-electron chi connectivity index (χ0n) is 32.7. The Balaban J connectivity index is 0.00000125. The van der Waals surface area contributed by atoms with Crippen LogP contribution in [0, 0.1) is 12.3 Å². The van der Waals surface area contributed by atoms with Gasteiger partial charge in [0.2, 0.25) is 0 Å². The largest absolute Gasteiger partial charge is 0.455 e. The van der Waals surface area contributed by atoms with Gasteiger partial charge in [0.1, 0.15) is 11.2 Å². The second-order valence-electron chi connectivity index (χ2n) is 15.9. The van der Waals surface area contributed by atoms with Gasteiger partial charge < -0.3 is 14.2 Å². The van der Waals surface area contributed by atoms with E-state index in [1.54, 1.807) is 6.92 Å². The summed E-state index contributed by atoms with van der Waals surface area (Å²) < 4.78 is 6.89. The van der Waals surface area contributed by atoms with Gasteiger partial charge in [0.05, 0.1) is 28.2 Å². The molecule has 3 aliphatic rings. The lowest BCUT2D eigenvalue weighted by Crippen LogP contribution is -2.36. The fourth-order valence-corrected chi connectivity index (χ4v) is 10.3. The van der Waals surface area contributed by atoms with Crippen molar-refractivity contribution in [3.05, 3.63) is 215 Å². The van der Waals surface area contributed by atoms with Gasteiger partial charge in [0.25, 0.3) is 0 Å². The number of rotatable bonds is 2. The summed E-state index contributed by atoms with van der Waals surface area (Å²) in [7, 11) is 0. The number of para-hydroxylation sites is 6. The molecule has 58 heavy (non-hydrogen) atoms. The van der Waals surface area contributed by atoms with Crippen LogP contribution in [0.1, 0.15) is 54.2 Å². The van der Waals surface area contributed by atoms with E-state index in [-0.39, 0.29) is 5.41 Å². The number of nitrogens with zero attached hydrogens (tertiary/aromatic N) is 2. The highest BCUT2D eigenvalue weighted by atomic mass is 16.3. The van der Waals surface area contributed by atoms with E-state index in [0.717, 1.165) is 33.3 Å².